The van der Waals surface area contributed by atoms with E-state index in [0.29, 0.717) is 6.42 Å². The van der Waals surface area contributed by atoms with E-state index in [1.165, 1.54) is 5.57 Å². The van der Waals surface area contributed by atoms with Crippen molar-refractivity contribution in [3.05, 3.63) is 11.6 Å². The maximum atomic E-state index is 10.6. The second-order valence-corrected chi connectivity index (χ2v) is 7.14. The normalized spacial score (nSPS) is 27.4. The molecule has 0 radical (unpaired) electrons. The average Bonchev–Trinajstić information content (AvgIpc) is 2.95. The van der Waals surface area contributed by atoms with Crippen LogP contribution in [0.2, 0.25) is 0 Å². The Hall–Kier alpha value is -0.670. The van der Waals surface area contributed by atoms with Gasteiger partial charge in [0.25, 0.3) is 0 Å². The van der Waals surface area contributed by atoms with E-state index < -0.39 is 5.79 Å². The van der Waals surface area contributed by atoms with Crippen LogP contribution in [0.15, 0.2) is 11.6 Å². The van der Waals surface area contributed by atoms with E-state index in [2.05, 4.69) is 33.8 Å². The third-order valence-corrected chi connectivity index (χ3v) is 3.72. The fourth-order valence-corrected chi connectivity index (χ4v) is 2.14. The molecule has 0 bridgehead atoms. The standard InChI is InChI=1S/C15H24O3/c1-13(2,7-8-16)6-5-12-9-15(12)17-10-14(3,4)11-18-15/h5,8H,6-7,9-11H2,1-4H3/b12-5+. The van der Waals surface area contributed by atoms with Crippen molar-refractivity contribution in [2.75, 3.05) is 13.2 Å². The number of hydrogen-bond acceptors (Lipinski definition) is 3. The molecule has 2 aliphatic rings. The first-order valence-electron chi connectivity index (χ1n) is 6.70. The Morgan fingerprint density at radius 1 is 1.22 bits per heavy atom. The number of aldehydes is 1. The second kappa shape index (κ2) is 4.46. The summed E-state index contributed by atoms with van der Waals surface area (Å²) in [6.07, 6.45) is 5.58. The predicted molar refractivity (Wildman–Crippen MR) is 70.2 cm³/mol. The number of hydrogen-bond donors (Lipinski definition) is 0. The highest BCUT2D eigenvalue weighted by Gasteiger charge is 2.55. The molecule has 1 spiro atoms. The molecule has 0 atom stereocenters. The van der Waals surface area contributed by atoms with Gasteiger partial charge in [0.05, 0.1) is 13.2 Å². The Morgan fingerprint density at radius 3 is 2.39 bits per heavy atom. The lowest BCUT2D eigenvalue weighted by atomic mass is 9.86. The molecule has 0 aromatic carbocycles. The van der Waals surface area contributed by atoms with Gasteiger partial charge in [0.2, 0.25) is 0 Å². The van der Waals surface area contributed by atoms with Gasteiger partial charge < -0.3 is 14.3 Å². The number of carbonyl (C=O) groups excluding carboxylic acids is 1. The average molecular weight is 252 g/mol. The van der Waals surface area contributed by atoms with Gasteiger partial charge in [-0.2, -0.15) is 0 Å². The van der Waals surface area contributed by atoms with Gasteiger partial charge in [0.1, 0.15) is 6.29 Å². The van der Waals surface area contributed by atoms with Crippen LogP contribution in [0.4, 0.5) is 0 Å². The molecule has 3 nitrogen and oxygen atoms in total. The van der Waals surface area contributed by atoms with Gasteiger partial charge in [0.15, 0.2) is 5.79 Å². The maximum Gasteiger partial charge on any atom is 0.194 e. The molecule has 2 rings (SSSR count). The summed E-state index contributed by atoms with van der Waals surface area (Å²) in [6.45, 7) is 10.0. The van der Waals surface area contributed by atoms with Gasteiger partial charge in [-0.1, -0.05) is 33.8 Å². The second-order valence-electron chi connectivity index (χ2n) is 7.14. The van der Waals surface area contributed by atoms with Crippen LogP contribution >= 0.6 is 0 Å². The molecule has 0 N–H and O–H groups in total. The molecular formula is C15H24O3. The molecule has 1 heterocycles. The summed E-state index contributed by atoms with van der Waals surface area (Å²) < 4.78 is 11.7. The SMILES string of the molecule is CC(C)(CC=O)C/C=C1\CC12OCC(C)(C)CO2. The van der Waals surface area contributed by atoms with E-state index in [1.807, 2.05) is 0 Å². The van der Waals surface area contributed by atoms with Crippen LogP contribution in [-0.4, -0.2) is 25.3 Å². The van der Waals surface area contributed by atoms with E-state index in [-0.39, 0.29) is 10.8 Å². The summed E-state index contributed by atoms with van der Waals surface area (Å²) in [4.78, 5) is 10.6. The lowest BCUT2D eigenvalue weighted by molar-refractivity contribution is -0.233. The summed E-state index contributed by atoms with van der Waals surface area (Å²) in [6, 6.07) is 0. The summed E-state index contributed by atoms with van der Waals surface area (Å²) in [5.41, 5.74) is 1.40. The van der Waals surface area contributed by atoms with Crippen molar-refractivity contribution in [1.29, 1.82) is 0 Å². The number of allylic oxidation sites excluding steroid dienone is 1. The van der Waals surface area contributed by atoms with Crippen LogP contribution in [0.1, 0.15) is 47.0 Å². The Labute approximate surface area is 110 Å². The summed E-state index contributed by atoms with van der Waals surface area (Å²) in [7, 11) is 0. The molecule has 0 amide bonds. The molecule has 1 saturated carbocycles. The lowest BCUT2D eigenvalue weighted by Gasteiger charge is -2.34. The van der Waals surface area contributed by atoms with Crippen LogP contribution < -0.4 is 0 Å². The minimum absolute atomic E-state index is 0.0342. The van der Waals surface area contributed by atoms with Gasteiger partial charge in [-0.05, 0) is 17.4 Å². The van der Waals surface area contributed by atoms with Crippen molar-refractivity contribution in [1.82, 2.24) is 0 Å². The molecular weight excluding hydrogens is 228 g/mol. The summed E-state index contributed by atoms with van der Waals surface area (Å²) >= 11 is 0. The summed E-state index contributed by atoms with van der Waals surface area (Å²) in [5.74, 6) is -0.410. The Kier molecular flexibility index (Phi) is 3.41. The smallest absolute Gasteiger partial charge is 0.194 e. The minimum Gasteiger partial charge on any atom is -0.345 e. The van der Waals surface area contributed by atoms with Gasteiger partial charge in [-0.3, -0.25) is 0 Å². The molecule has 1 aliphatic heterocycles. The van der Waals surface area contributed by atoms with Gasteiger partial charge in [0, 0.05) is 18.3 Å². The molecule has 2 fully saturated rings. The van der Waals surface area contributed by atoms with Crippen molar-refractivity contribution in [2.24, 2.45) is 10.8 Å². The number of rotatable bonds is 4. The Balaban J connectivity index is 1.89. The minimum atomic E-state index is -0.410. The van der Waals surface area contributed by atoms with Crippen LogP contribution in [0.5, 0.6) is 0 Å². The highest BCUT2D eigenvalue weighted by molar-refractivity contribution is 5.50. The number of ether oxygens (including phenoxy) is 2. The largest absolute Gasteiger partial charge is 0.345 e. The quantitative estimate of drug-likeness (QED) is 0.569. The molecule has 0 aromatic rings. The monoisotopic (exact) mass is 252 g/mol. The zero-order chi connectivity index (χ0) is 13.4. The third kappa shape index (κ3) is 3.01. The van der Waals surface area contributed by atoms with Crippen LogP contribution in [0, 0.1) is 10.8 Å². The zero-order valence-electron chi connectivity index (χ0n) is 11.9. The number of carbonyl (C=O) groups is 1. The summed E-state index contributed by atoms with van der Waals surface area (Å²) in [5, 5.41) is 0. The van der Waals surface area contributed by atoms with Crippen LogP contribution in [0.25, 0.3) is 0 Å². The van der Waals surface area contributed by atoms with E-state index in [4.69, 9.17) is 9.47 Å². The molecule has 18 heavy (non-hydrogen) atoms. The van der Waals surface area contributed by atoms with Crippen molar-refractivity contribution in [3.8, 4) is 0 Å². The lowest BCUT2D eigenvalue weighted by Crippen LogP contribution is -2.39. The Bertz CT molecular complexity index is 356. The van der Waals surface area contributed by atoms with E-state index in [9.17, 15) is 4.79 Å². The molecule has 1 saturated heterocycles. The van der Waals surface area contributed by atoms with Crippen LogP contribution in [-0.2, 0) is 14.3 Å². The molecule has 0 aromatic heterocycles. The van der Waals surface area contributed by atoms with E-state index >= 15 is 0 Å². The third-order valence-electron chi connectivity index (χ3n) is 3.72. The van der Waals surface area contributed by atoms with Crippen molar-refractivity contribution in [2.45, 2.75) is 52.7 Å². The molecule has 3 heteroatoms. The fraction of sp³-hybridized carbons (Fsp3) is 0.800. The zero-order valence-corrected chi connectivity index (χ0v) is 11.9. The predicted octanol–water partition coefficient (Wildman–Crippen LogP) is 3.09. The highest BCUT2D eigenvalue weighted by atomic mass is 16.7. The topological polar surface area (TPSA) is 35.5 Å². The van der Waals surface area contributed by atoms with E-state index in [0.717, 1.165) is 32.3 Å². The van der Waals surface area contributed by atoms with Gasteiger partial charge in [-0.25, -0.2) is 0 Å². The van der Waals surface area contributed by atoms with Gasteiger partial charge in [-0.15, -0.1) is 0 Å². The van der Waals surface area contributed by atoms with Crippen molar-refractivity contribution < 1.29 is 14.3 Å². The van der Waals surface area contributed by atoms with Crippen molar-refractivity contribution in [3.63, 3.8) is 0 Å². The Morgan fingerprint density at radius 2 is 1.83 bits per heavy atom. The first-order valence-corrected chi connectivity index (χ1v) is 6.70. The van der Waals surface area contributed by atoms with Crippen molar-refractivity contribution >= 4 is 6.29 Å². The molecule has 1 aliphatic carbocycles. The van der Waals surface area contributed by atoms with Gasteiger partial charge >= 0.3 is 0 Å². The van der Waals surface area contributed by atoms with E-state index in [1.54, 1.807) is 0 Å². The first kappa shape index (κ1) is 13.8. The molecule has 0 unspecified atom stereocenters. The first-order chi connectivity index (χ1) is 8.29. The molecule has 102 valence electrons. The fourth-order valence-electron chi connectivity index (χ4n) is 2.14. The highest BCUT2D eigenvalue weighted by Crippen LogP contribution is 2.51. The van der Waals surface area contributed by atoms with Crippen LogP contribution in [0.3, 0.4) is 0 Å². The maximum absolute atomic E-state index is 10.6.